The summed E-state index contributed by atoms with van der Waals surface area (Å²) in [5.74, 6) is 0. The van der Waals surface area contributed by atoms with Gasteiger partial charge in [0.1, 0.15) is 0 Å². The molecule has 0 aromatic rings. The van der Waals surface area contributed by atoms with Crippen LogP contribution in [0.25, 0.3) is 0 Å². The number of rotatable bonds is 24. The predicted octanol–water partition coefficient (Wildman–Crippen LogP) is 10.8. The molecule has 0 bridgehead atoms. The highest BCUT2D eigenvalue weighted by molar-refractivity contribution is 4.91. The summed E-state index contributed by atoms with van der Waals surface area (Å²) in [4.78, 5) is 4.61. The van der Waals surface area contributed by atoms with Crippen LogP contribution in [0, 0.1) is 0 Å². The van der Waals surface area contributed by atoms with E-state index in [-0.39, 0.29) is 0 Å². The third-order valence-corrected chi connectivity index (χ3v) is 10.1. The Kier molecular flexibility index (Phi) is 28.1. The minimum Gasteiger partial charge on any atom is -0.362 e. The molecule has 1 rings (SSSR count). The molecule has 44 heavy (non-hydrogen) atoms. The smallest absolute Gasteiger partial charge is 0.0978 e. The van der Waals surface area contributed by atoms with Gasteiger partial charge in [-0.25, -0.2) is 0 Å². The van der Waals surface area contributed by atoms with Crippen molar-refractivity contribution in [3.63, 3.8) is 0 Å². The van der Waals surface area contributed by atoms with Crippen LogP contribution in [-0.2, 0) is 0 Å². The first-order valence-electron chi connectivity index (χ1n) is 18.9. The van der Waals surface area contributed by atoms with Gasteiger partial charge in [-0.15, -0.1) is 0 Å². The lowest BCUT2D eigenvalue weighted by Crippen LogP contribution is -2.56. The van der Waals surface area contributed by atoms with E-state index in [0.29, 0.717) is 6.04 Å². The molecular formula is C40H82N4+2. The van der Waals surface area contributed by atoms with E-state index < -0.39 is 0 Å². The van der Waals surface area contributed by atoms with E-state index in [0.717, 1.165) is 42.9 Å². The van der Waals surface area contributed by atoms with E-state index in [4.69, 9.17) is 0 Å². The average molecular weight is 619 g/mol. The molecule has 1 aliphatic rings. The lowest BCUT2D eigenvalue weighted by molar-refractivity contribution is -0.952. The zero-order valence-electron chi connectivity index (χ0n) is 32.0. The van der Waals surface area contributed by atoms with Gasteiger partial charge in [-0.05, 0) is 76.0 Å². The van der Waals surface area contributed by atoms with Gasteiger partial charge in [0.25, 0.3) is 0 Å². The first-order chi connectivity index (χ1) is 21.2. The highest BCUT2D eigenvalue weighted by Crippen LogP contribution is 2.24. The van der Waals surface area contributed by atoms with Gasteiger partial charge < -0.3 is 18.8 Å². The normalized spacial score (nSPS) is 13.2. The molecule has 1 aliphatic heterocycles. The van der Waals surface area contributed by atoms with Crippen LogP contribution in [0.1, 0.15) is 139 Å². The topological polar surface area (TPSA) is 6.48 Å². The Hall–Kier alpha value is -1.52. The number of nitrogens with zero attached hydrogens (tertiary/aromatic N) is 4. The number of hydrogen-bond acceptors (Lipinski definition) is 2. The molecule has 4 heteroatoms. The zero-order chi connectivity index (χ0) is 33.9. The molecule has 0 saturated carbocycles. The maximum absolute atomic E-state index is 3.88. The Balaban J connectivity index is 0. The van der Waals surface area contributed by atoms with Crippen LogP contribution in [0.5, 0.6) is 0 Å². The maximum atomic E-state index is 3.88. The Bertz CT molecular complexity index is 654. The standard InChI is InChI=1S/C17H38N.C14H26N.C9H18N2/c1-6-11-14-18(15-12-7-2,16-13-8-3)17(9-4)10-5;1-6-11-15(12-7-2,13-8-3)14(9-4)10-5;1-4-9(5-2)11-7-6-10(3)8-11/h17H,6-16H2,1-5H3;6-8,14H,1-3,9-13H2,4-5H3;6-7,9H,4-5,8H2,1-3H3/q2*+1;. The van der Waals surface area contributed by atoms with Gasteiger partial charge in [-0.1, -0.05) is 101 Å². The number of hydrogen-bond donors (Lipinski definition) is 0. The molecule has 0 aromatic heterocycles. The average Bonchev–Trinajstić information content (AvgIpc) is 3.46. The van der Waals surface area contributed by atoms with Crippen LogP contribution in [-0.4, -0.2) is 89.9 Å². The van der Waals surface area contributed by atoms with Gasteiger partial charge in [0.05, 0.1) is 58.0 Å². The van der Waals surface area contributed by atoms with Gasteiger partial charge in [0, 0.05) is 25.5 Å². The van der Waals surface area contributed by atoms with Crippen LogP contribution in [0.3, 0.4) is 0 Å². The third kappa shape index (κ3) is 16.2. The molecule has 0 aliphatic carbocycles. The van der Waals surface area contributed by atoms with Crippen LogP contribution in [0.4, 0.5) is 0 Å². The van der Waals surface area contributed by atoms with Crippen molar-refractivity contribution in [2.45, 2.75) is 157 Å². The monoisotopic (exact) mass is 619 g/mol. The number of unbranched alkanes of at least 4 members (excludes halogenated alkanes) is 3. The summed E-state index contributed by atoms with van der Waals surface area (Å²) in [6, 6.07) is 2.31. The molecule has 0 unspecified atom stereocenters. The lowest BCUT2D eigenvalue weighted by atomic mass is 10.0. The maximum Gasteiger partial charge on any atom is 0.0978 e. The Morgan fingerprint density at radius 1 is 0.568 bits per heavy atom. The summed E-state index contributed by atoms with van der Waals surface area (Å²) in [6.45, 7) is 40.8. The summed E-state index contributed by atoms with van der Waals surface area (Å²) in [5, 5.41) is 0. The summed E-state index contributed by atoms with van der Waals surface area (Å²) in [7, 11) is 2.11. The minimum atomic E-state index is 0.680. The summed E-state index contributed by atoms with van der Waals surface area (Å²) >= 11 is 0. The molecule has 0 N–H and O–H groups in total. The molecule has 0 radical (unpaired) electrons. The predicted molar refractivity (Wildman–Crippen MR) is 202 cm³/mol. The lowest BCUT2D eigenvalue weighted by Gasteiger charge is -2.45. The van der Waals surface area contributed by atoms with Gasteiger partial charge in [-0.3, -0.25) is 0 Å². The molecule has 1 heterocycles. The Labute approximate surface area is 279 Å². The first-order valence-corrected chi connectivity index (χ1v) is 18.9. The van der Waals surface area contributed by atoms with Crippen LogP contribution < -0.4 is 0 Å². The third-order valence-electron chi connectivity index (χ3n) is 10.1. The van der Waals surface area contributed by atoms with Crippen molar-refractivity contribution in [1.29, 1.82) is 0 Å². The molecule has 4 nitrogen and oxygen atoms in total. The molecule has 0 spiro atoms. The second-order valence-corrected chi connectivity index (χ2v) is 13.2. The van der Waals surface area contributed by atoms with E-state index in [1.165, 1.54) is 101 Å². The highest BCUT2D eigenvalue weighted by atomic mass is 15.4. The van der Waals surface area contributed by atoms with Crippen molar-refractivity contribution in [2.75, 3.05) is 53.0 Å². The van der Waals surface area contributed by atoms with E-state index in [9.17, 15) is 0 Å². The summed E-state index contributed by atoms with van der Waals surface area (Å²) in [6.07, 6.45) is 26.2. The van der Waals surface area contributed by atoms with Crippen molar-refractivity contribution in [3.05, 3.63) is 50.4 Å². The van der Waals surface area contributed by atoms with Crippen molar-refractivity contribution in [3.8, 4) is 0 Å². The Morgan fingerprint density at radius 2 is 0.932 bits per heavy atom. The molecule has 0 fully saturated rings. The van der Waals surface area contributed by atoms with E-state index in [1.54, 1.807) is 0 Å². The fraction of sp³-hybridized carbons (Fsp3) is 0.800. The van der Waals surface area contributed by atoms with Gasteiger partial charge in [0.2, 0.25) is 0 Å². The van der Waals surface area contributed by atoms with E-state index >= 15 is 0 Å². The molecule has 0 aromatic carbocycles. The van der Waals surface area contributed by atoms with Crippen LogP contribution in [0.2, 0.25) is 0 Å². The van der Waals surface area contributed by atoms with Crippen molar-refractivity contribution < 1.29 is 8.97 Å². The second kappa shape index (κ2) is 27.8. The second-order valence-electron chi connectivity index (χ2n) is 13.2. The first kappa shape index (κ1) is 44.6. The highest BCUT2D eigenvalue weighted by Gasteiger charge is 2.33. The van der Waals surface area contributed by atoms with Gasteiger partial charge in [0.15, 0.2) is 0 Å². The molecule has 0 amide bonds. The fourth-order valence-electron chi connectivity index (χ4n) is 7.42. The Morgan fingerprint density at radius 3 is 1.18 bits per heavy atom. The minimum absolute atomic E-state index is 0.680. The van der Waals surface area contributed by atoms with E-state index in [2.05, 4.69) is 111 Å². The zero-order valence-corrected chi connectivity index (χ0v) is 32.0. The van der Waals surface area contributed by atoms with E-state index in [1.807, 2.05) is 18.2 Å². The fourth-order valence-corrected chi connectivity index (χ4v) is 7.42. The summed E-state index contributed by atoms with van der Waals surface area (Å²) < 4.78 is 2.45. The number of quaternary nitrogens is 2. The quantitative estimate of drug-likeness (QED) is 0.0784. The van der Waals surface area contributed by atoms with Gasteiger partial charge in [-0.2, -0.15) is 0 Å². The van der Waals surface area contributed by atoms with Crippen molar-refractivity contribution >= 4 is 0 Å². The van der Waals surface area contributed by atoms with Crippen LogP contribution >= 0.6 is 0 Å². The molecule has 0 saturated heterocycles. The SMILES string of the molecule is C=CC[N+](CC=C)(CC=C)C(CC)CC.CCC(CC)N1C=CN(C)C1.CCCC[N+](CCCC)(CCCC)C(CC)CC. The van der Waals surface area contributed by atoms with Crippen molar-refractivity contribution in [1.82, 2.24) is 9.80 Å². The van der Waals surface area contributed by atoms with Crippen LogP contribution in [0.15, 0.2) is 50.4 Å². The van der Waals surface area contributed by atoms with Crippen molar-refractivity contribution in [2.24, 2.45) is 0 Å². The van der Waals surface area contributed by atoms with Gasteiger partial charge >= 0.3 is 0 Å². The molecular weight excluding hydrogens is 536 g/mol. The summed E-state index contributed by atoms with van der Waals surface area (Å²) in [5.41, 5.74) is 0. The largest absolute Gasteiger partial charge is 0.362 e. The molecule has 0 atom stereocenters. The molecule has 260 valence electrons.